The summed E-state index contributed by atoms with van der Waals surface area (Å²) in [6.45, 7) is 8.87. The van der Waals surface area contributed by atoms with Crippen LogP contribution in [0.3, 0.4) is 0 Å². The number of amides is 1. The summed E-state index contributed by atoms with van der Waals surface area (Å²) in [5, 5.41) is 5.36. The largest absolute Gasteiger partial charge is 0.456 e. The van der Waals surface area contributed by atoms with Crippen LogP contribution < -0.4 is 5.32 Å². The van der Waals surface area contributed by atoms with Crippen molar-refractivity contribution < 1.29 is 19.1 Å². The fourth-order valence-corrected chi connectivity index (χ4v) is 4.89. The highest BCUT2D eigenvalue weighted by Crippen LogP contribution is 2.17. The molecule has 1 aromatic heterocycles. The van der Waals surface area contributed by atoms with E-state index in [9.17, 15) is 9.59 Å². The molecule has 8 heteroatoms. The molecule has 0 radical (unpaired) electrons. The minimum atomic E-state index is -0.392. The lowest BCUT2D eigenvalue weighted by Gasteiger charge is -2.35. The number of rotatable bonds is 8. The van der Waals surface area contributed by atoms with Gasteiger partial charge in [-0.3, -0.25) is 9.69 Å². The fraction of sp³-hybridized carbons (Fsp3) is 0.370. The van der Waals surface area contributed by atoms with Gasteiger partial charge in [-0.15, -0.1) is 11.3 Å². The van der Waals surface area contributed by atoms with Crippen molar-refractivity contribution in [1.29, 1.82) is 0 Å². The van der Waals surface area contributed by atoms with Crippen molar-refractivity contribution in [2.75, 3.05) is 18.4 Å². The Hall–Kier alpha value is -3.07. The molecule has 7 nitrogen and oxygen atoms in total. The monoisotopic (exact) mass is 493 g/mol. The number of morpholine rings is 1. The fourth-order valence-electron chi connectivity index (χ4n) is 4.12. The van der Waals surface area contributed by atoms with Gasteiger partial charge in [0.15, 0.2) is 0 Å². The van der Waals surface area contributed by atoms with E-state index in [1.165, 1.54) is 11.3 Å². The number of nitrogens with one attached hydrogen (secondary N) is 1. The minimum Gasteiger partial charge on any atom is -0.456 e. The van der Waals surface area contributed by atoms with Crippen LogP contribution in [0.25, 0.3) is 0 Å². The Kier molecular flexibility index (Phi) is 8.28. The zero-order valence-electron chi connectivity index (χ0n) is 20.3. The van der Waals surface area contributed by atoms with E-state index in [1.54, 1.807) is 12.1 Å². The molecule has 1 saturated heterocycles. The molecule has 1 aliphatic heterocycles. The van der Waals surface area contributed by atoms with Crippen LogP contribution in [0.2, 0.25) is 0 Å². The molecule has 35 heavy (non-hydrogen) atoms. The van der Waals surface area contributed by atoms with Gasteiger partial charge in [0, 0.05) is 30.7 Å². The van der Waals surface area contributed by atoms with Gasteiger partial charge in [0.25, 0.3) is 0 Å². The van der Waals surface area contributed by atoms with Crippen LogP contribution in [0.15, 0.2) is 53.9 Å². The molecular weight excluding hydrogens is 462 g/mol. The highest BCUT2D eigenvalue weighted by molar-refractivity contribution is 7.09. The normalized spacial score (nSPS) is 18.3. The number of carbonyl (C=O) groups excluding carboxylic acids is 2. The molecule has 4 rings (SSSR count). The maximum absolute atomic E-state index is 12.5. The molecule has 2 aromatic carbocycles. The average molecular weight is 494 g/mol. The molecule has 1 N–H and O–H groups in total. The van der Waals surface area contributed by atoms with E-state index in [0.29, 0.717) is 16.3 Å². The Morgan fingerprint density at radius 2 is 1.77 bits per heavy atom. The lowest BCUT2D eigenvalue weighted by molar-refractivity contribution is -0.115. The number of esters is 1. The van der Waals surface area contributed by atoms with Crippen molar-refractivity contribution in [3.63, 3.8) is 0 Å². The van der Waals surface area contributed by atoms with Crippen molar-refractivity contribution in [2.24, 2.45) is 0 Å². The van der Waals surface area contributed by atoms with Crippen LogP contribution in [0.5, 0.6) is 0 Å². The summed E-state index contributed by atoms with van der Waals surface area (Å²) in [7, 11) is 0. The van der Waals surface area contributed by atoms with E-state index < -0.39 is 5.97 Å². The number of hydrogen-bond donors (Lipinski definition) is 1. The number of aryl methyl sites for hydroxylation is 1. The van der Waals surface area contributed by atoms with Crippen molar-refractivity contribution in [3.8, 4) is 0 Å². The zero-order chi connectivity index (χ0) is 24.8. The molecule has 0 bridgehead atoms. The SMILES string of the molecule is Cc1ccc(NC(=O)Cc2nc(COC(=O)c3ccc(CN4CC(C)OC(C)C4)cc3)cs2)cc1. The standard InChI is InChI=1S/C27H31N3O4S/c1-18-4-10-23(11-5-18)28-25(31)12-26-29-24(17-35-26)16-33-27(32)22-8-6-21(7-9-22)15-30-13-19(2)34-20(3)14-30/h4-11,17,19-20H,12-16H2,1-3H3,(H,28,31). The minimum absolute atomic E-state index is 0.0697. The quantitative estimate of drug-likeness (QED) is 0.462. The van der Waals surface area contributed by atoms with Gasteiger partial charge in [-0.25, -0.2) is 9.78 Å². The second kappa shape index (κ2) is 11.6. The first kappa shape index (κ1) is 25.0. The van der Waals surface area contributed by atoms with Crippen molar-refractivity contribution in [2.45, 2.75) is 52.6 Å². The van der Waals surface area contributed by atoms with Crippen LogP contribution >= 0.6 is 11.3 Å². The zero-order valence-corrected chi connectivity index (χ0v) is 21.1. The molecule has 0 spiro atoms. The van der Waals surface area contributed by atoms with Crippen LogP contribution in [-0.2, 0) is 33.8 Å². The number of ether oxygens (including phenoxy) is 2. The lowest BCUT2D eigenvalue weighted by atomic mass is 10.1. The number of carbonyl (C=O) groups is 2. The van der Waals surface area contributed by atoms with Gasteiger partial charge in [0.05, 0.1) is 29.9 Å². The average Bonchev–Trinajstić information content (AvgIpc) is 3.26. The van der Waals surface area contributed by atoms with E-state index in [-0.39, 0.29) is 31.1 Å². The van der Waals surface area contributed by atoms with Gasteiger partial charge in [0.1, 0.15) is 11.6 Å². The Balaban J connectivity index is 1.23. The number of hydrogen-bond acceptors (Lipinski definition) is 7. The predicted molar refractivity (Wildman–Crippen MR) is 136 cm³/mol. The second-order valence-electron chi connectivity index (χ2n) is 9.05. The first-order valence-electron chi connectivity index (χ1n) is 11.8. The number of aromatic nitrogens is 1. The summed E-state index contributed by atoms with van der Waals surface area (Å²) in [6, 6.07) is 15.2. The first-order valence-corrected chi connectivity index (χ1v) is 12.7. The number of anilines is 1. The maximum Gasteiger partial charge on any atom is 0.338 e. The van der Waals surface area contributed by atoms with Gasteiger partial charge in [-0.05, 0) is 50.6 Å². The third kappa shape index (κ3) is 7.45. The molecule has 184 valence electrons. The molecule has 2 heterocycles. The Morgan fingerprint density at radius 3 is 2.46 bits per heavy atom. The third-order valence-corrected chi connectivity index (χ3v) is 6.59. The van der Waals surface area contributed by atoms with Crippen molar-refractivity contribution in [1.82, 2.24) is 9.88 Å². The van der Waals surface area contributed by atoms with Crippen molar-refractivity contribution >= 4 is 28.9 Å². The Morgan fingerprint density at radius 1 is 1.09 bits per heavy atom. The van der Waals surface area contributed by atoms with Gasteiger partial charge >= 0.3 is 5.97 Å². The predicted octanol–water partition coefficient (Wildman–Crippen LogP) is 4.60. The van der Waals surface area contributed by atoms with Gasteiger partial charge in [-0.2, -0.15) is 0 Å². The lowest BCUT2D eigenvalue weighted by Crippen LogP contribution is -2.44. The topological polar surface area (TPSA) is 80.8 Å². The molecular formula is C27H31N3O4S. The third-order valence-electron chi connectivity index (χ3n) is 5.69. The van der Waals surface area contributed by atoms with Crippen molar-refractivity contribution in [3.05, 3.63) is 81.3 Å². The maximum atomic E-state index is 12.5. The van der Waals surface area contributed by atoms with E-state index in [2.05, 4.69) is 29.0 Å². The highest BCUT2D eigenvalue weighted by atomic mass is 32.1. The summed E-state index contributed by atoms with van der Waals surface area (Å²) in [4.78, 5) is 31.5. The summed E-state index contributed by atoms with van der Waals surface area (Å²) in [5.41, 5.74) is 4.18. The summed E-state index contributed by atoms with van der Waals surface area (Å²) in [6.07, 6.45) is 0.623. The summed E-state index contributed by atoms with van der Waals surface area (Å²) in [5.74, 6) is -0.523. The number of nitrogens with zero attached hydrogens (tertiary/aromatic N) is 2. The van der Waals surface area contributed by atoms with Crippen LogP contribution in [0, 0.1) is 6.92 Å². The number of thiazole rings is 1. The van der Waals surface area contributed by atoms with Crippen LogP contribution in [0.1, 0.15) is 46.0 Å². The molecule has 3 aromatic rings. The smallest absolute Gasteiger partial charge is 0.338 e. The van der Waals surface area contributed by atoms with E-state index in [0.717, 1.165) is 36.4 Å². The second-order valence-corrected chi connectivity index (χ2v) is 9.99. The molecule has 1 amide bonds. The molecule has 1 aliphatic rings. The summed E-state index contributed by atoms with van der Waals surface area (Å²) >= 11 is 1.38. The molecule has 1 fully saturated rings. The molecule has 0 saturated carbocycles. The highest BCUT2D eigenvalue weighted by Gasteiger charge is 2.22. The molecule has 2 unspecified atom stereocenters. The van der Waals surface area contributed by atoms with E-state index >= 15 is 0 Å². The van der Waals surface area contributed by atoms with Crippen LogP contribution in [-0.4, -0.2) is 47.1 Å². The van der Waals surface area contributed by atoms with Gasteiger partial charge < -0.3 is 14.8 Å². The summed E-state index contributed by atoms with van der Waals surface area (Å²) < 4.78 is 11.2. The van der Waals surface area contributed by atoms with Gasteiger partial charge in [0.2, 0.25) is 5.91 Å². The van der Waals surface area contributed by atoms with E-state index in [4.69, 9.17) is 9.47 Å². The first-order chi connectivity index (χ1) is 16.8. The van der Waals surface area contributed by atoms with Crippen LogP contribution in [0.4, 0.5) is 5.69 Å². The Bertz CT molecular complexity index is 1130. The van der Waals surface area contributed by atoms with E-state index in [1.807, 2.05) is 48.7 Å². The number of benzene rings is 2. The molecule has 0 aliphatic carbocycles. The molecule has 2 atom stereocenters. The van der Waals surface area contributed by atoms with Gasteiger partial charge in [-0.1, -0.05) is 29.8 Å². The Labute approximate surface area is 210 Å².